The van der Waals surface area contributed by atoms with E-state index in [1.807, 2.05) is 13.8 Å². The van der Waals surface area contributed by atoms with E-state index in [-0.39, 0.29) is 11.7 Å². The van der Waals surface area contributed by atoms with Crippen LogP contribution in [0.25, 0.3) is 4.85 Å². The minimum absolute atomic E-state index is 0.267. The Bertz CT molecular complexity index is 361. The molecule has 0 atom stereocenters. The van der Waals surface area contributed by atoms with Crippen LogP contribution in [0.4, 0.5) is 10.1 Å². The smallest absolute Gasteiger partial charge is 0.193 e. The van der Waals surface area contributed by atoms with Crippen LogP contribution in [0.15, 0.2) is 12.1 Å². The molecule has 0 heterocycles. The van der Waals surface area contributed by atoms with Crippen molar-refractivity contribution in [3.8, 4) is 0 Å². The van der Waals surface area contributed by atoms with Crippen molar-refractivity contribution in [2.75, 3.05) is 0 Å². The lowest BCUT2D eigenvalue weighted by Gasteiger charge is -2.09. The predicted octanol–water partition coefficient (Wildman–Crippen LogP) is 3.81. The highest BCUT2D eigenvalue weighted by Gasteiger charge is 2.09. The number of hydrogen-bond acceptors (Lipinski definition) is 0. The average Bonchev–Trinajstić information content (AvgIpc) is 2.08. The molecular formula is C11H12FN. The highest BCUT2D eigenvalue weighted by atomic mass is 19.1. The van der Waals surface area contributed by atoms with Crippen molar-refractivity contribution in [1.82, 2.24) is 0 Å². The molecule has 0 unspecified atom stereocenters. The van der Waals surface area contributed by atoms with Gasteiger partial charge in [-0.15, -0.1) is 0 Å². The molecule has 0 N–H and O–H groups in total. The van der Waals surface area contributed by atoms with Crippen molar-refractivity contribution in [2.45, 2.75) is 26.7 Å². The van der Waals surface area contributed by atoms with E-state index >= 15 is 0 Å². The Morgan fingerprint density at radius 3 is 2.46 bits per heavy atom. The molecule has 68 valence electrons. The highest BCUT2D eigenvalue weighted by Crippen LogP contribution is 2.29. The maximum Gasteiger partial charge on any atom is 0.193 e. The second kappa shape index (κ2) is 3.57. The summed E-state index contributed by atoms with van der Waals surface area (Å²) in [7, 11) is 0. The zero-order valence-corrected chi connectivity index (χ0v) is 8.06. The summed E-state index contributed by atoms with van der Waals surface area (Å²) in [5, 5.41) is 0. The molecular weight excluding hydrogens is 165 g/mol. The van der Waals surface area contributed by atoms with E-state index in [4.69, 9.17) is 6.57 Å². The summed E-state index contributed by atoms with van der Waals surface area (Å²) >= 11 is 0. The van der Waals surface area contributed by atoms with E-state index in [1.165, 1.54) is 6.07 Å². The van der Waals surface area contributed by atoms with Gasteiger partial charge in [-0.3, -0.25) is 0 Å². The number of rotatable bonds is 1. The number of hydrogen-bond donors (Lipinski definition) is 0. The molecule has 0 aromatic heterocycles. The third kappa shape index (κ3) is 1.86. The van der Waals surface area contributed by atoms with Gasteiger partial charge in [0.25, 0.3) is 0 Å². The van der Waals surface area contributed by atoms with Crippen LogP contribution in [0.3, 0.4) is 0 Å². The fourth-order valence-electron chi connectivity index (χ4n) is 1.25. The number of aryl methyl sites for hydroxylation is 1. The Hall–Kier alpha value is -1.36. The van der Waals surface area contributed by atoms with Crippen molar-refractivity contribution in [3.05, 3.63) is 40.5 Å². The van der Waals surface area contributed by atoms with Crippen LogP contribution in [0, 0.1) is 19.3 Å². The molecule has 1 rings (SSSR count). The zero-order chi connectivity index (χ0) is 10.0. The summed E-state index contributed by atoms with van der Waals surface area (Å²) in [5.74, 6) is -0.0289. The van der Waals surface area contributed by atoms with Gasteiger partial charge >= 0.3 is 0 Å². The summed E-state index contributed by atoms with van der Waals surface area (Å²) in [5.41, 5.74) is 1.96. The lowest BCUT2D eigenvalue weighted by molar-refractivity contribution is 0.618. The van der Waals surface area contributed by atoms with Crippen LogP contribution in [-0.4, -0.2) is 0 Å². The topological polar surface area (TPSA) is 4.36 Å². The standard InChI is InChI=1S/C11H12FN/c1-7(2)9-5-8(3)10(12)6-11(9)13-4/h5-7H,1-3H3. The third-order valence-electron chi connectivity index (χ3n) is 2.05. The maximum absolute atomic E-state index is 13.1. The van der Waals surface area contributed by atoms with Gasteiger partial charge in [-0.05, 0) is 30.0 Å². The van der Waals surface area contributed by atoms with Gasteiger partial charge in [-0.25, -0.2) is 9.24 Å². The quantitative estimate of drug-likeness (QED) is 0.574. The lowest BCUT2D eigenvalue weighted by atomic mass is 9.99. The van der Waals surface area contributed by atoms with Gasteiger partial charge in [0.05, 0.1) is 6.57 Å². The lowest BCUT2D eigenvalue weighted by Crippen LogP contribution is -1.91. The van der Waals surface area contributed by atoms with Crippen LogP contribution in [0.1, 0.15) is 30.9 Å². The van der Waals surface area contributed by atoms with E-state index in [0.29, 0.717) is 11.3 Å². The fourth-order valence-corrected chi connectivity index (χ4v) is 1.25. The van der Waals surface area contributed by atoms with Gasteiger partial charge in [0.1, 0.15) is 5.82 Å². The molecule has 0 spiro atoms. The van der Waals surface area contributed by atoms with Gasteiger partial charge in [-0.1, -0.05) is 19.9 Å². The van der Waals surface area contributed by atoms with Crippen molar-refractivity contribution in [3.63, 3.8) is 0 Å². The van der Waals surface area contributed by atoms with Crippen LogP contribution < -0.4 is 0 Å². The van der Waals surface area contributed by atoms with E-state index in [9.17, 15) is 4.39 Å². The molecule has 0 saturated carbocycles. The summed E-state index contributed by atoms with van der Waals surface area (Å²) in [6, 6.07) is 3.07. The zero-order valence-electron chi connectivity index (χ0n) is 8.06. The molecule has 0 bridgehead atoms. The van der Waals surface area contributed by atoms with E-state index in [1.54, 1.807) is 13.0 Å². The first kappa shape index (κ1) is 9.73. The fraction of sp³-hybridized carbons (Fsp3) is 0.364. The van der Waals surface area contributed by atoms with Crippen LogP contribution in [0.5, 0.6) is 0 Å². The van der Waals surface area contributed by atoms with Crippen LogP contribution in [0.2, 0.25) is 0 Å². The first-order chi connectivity index (χ1) is 6.06. The van der Waals surface area contributed by atoms with Crippen LogP contribution >= 0.6 is 0 Å². The molecule has 1 aromatic rings. The molecule has 2 heteroatoms. The molecule has 0 fully saturated rings. The number of nitrogens with zero attached hydrogens (tertiary/aromatic N) is 1. The highest BCUT2D eigenvalue weighted by molar-refractivity contribution is 5.55. The summed E-state index contributed by atoms with van der Waals surface area (Å²) in [6.45, 7) is 12.6. The molecule has 0 aliphatic carbocycles. The van der Waals surface area contributed by atoms with E-state index in [0.717, 1.165) is 5.56 Å². The molecule has 0 saturated heterocycles. The van der Waals surface area contributed by atoms with Crippen molar-refractivity contribution < 1.29 is 4.39 Å². The van der Waals surface area contributed by atoms with Crippen molar-refractivity contribution in [1.29, 1.82) is 0 Å². The second-order valence-electron chi connectivity index (χ2n) is 3.43. The van der Waals surface area contributed by atoms with Crippen molar-refractivity contribution >= 4 is 5.69 Å². The van der Waals surface area contributed by atoms with Gasteiger partial charge in [0, 0.05) is 0 Å². The Morgan fingerprint density at radius 1 is 1.38 bits per heavy atom. The normalized spacial score (nSPS) is 10.2. The van der Waals surface area contributed by atoms with Crippen LogP contribution in [-0.2, 0) is 0 Å². The minimum atomic E-state index is -0.296. The SMILES string of the molecule is [C-]#[N+]c1cc(F)c(C)cc1C(C)C. The maximum atomic E-state index is 13.1. The predicted molar refractivity (Wildman–Crippen MR) is 51.5 cm³/mol. The Balaban J connectivity index is 3.35. The van der Waals surface area contributed by atoms with Gasteiger partial charge in [0.15, 0.2) is 5.69 Å². The van der Waals surface area contributed by atoms with Gasteiger partial charge in [-0.2, -0.15) is 0 Å². The molecule has 1 aromatic carbocycles. The molecule has 0 amide bonds. The molecule has 0 radical (unpaired) electrons. The summed E-state index contributed by atoms with van der Waals surface area (Å²) in [4.78, 5) is 3.30. The second-order valence-corrected chi connectivity index (χ2v) is 3.43. The minimum Gasteiger partial charge on any atom is -0.238 e. The Labute approximate surface area is 78.0 Å². The van der Waals surface area contributed by atoms with Crippen molar-refractivity contribution in [2.24, 2.45) is 0 Å². The van der Waals surface area contributed by atoms with E-state index < -0.39 is 0 Å². The molecule has 0 aliphatic heterocycles. The summed E-state index contributed by atoms with van der Waals surface area (Å²) < 4.78 is 13.1. The monoisotopic (exact) mass is 177 g/mol. The molecule has 13 heavy (non-hydrogen) atoms. The first-order valence-corrected chi connectivity index (χ1v) is 4.23. The largest absolute Gasteiger partial charge is 0.238 e. The molecule has 0 aliphatic rings. The Kier molecular flexibility index (Phi) is 2.67. The summed E-state index contributed by atoms with van der Waals surface area (Å²) in [6.07, 6.45) is 0. The third-order valence-corrected chi connectivity index (χ3v) is 2.05. The average molecular weight is 177 g/mol. The van der Waals surface area contributed by atoms with Gasteiger partial charge in [0.2, 0.25) is 0 Å². The first-order valence-electron chi connectivity index (χ1n) is 4.23. The molecule has 1 nitrogen and oxygen atoms in total. The van der Waals surface area contributed by atoms with Gasteiger partial charge < -0.3 is 0 Å². The van der Waals surface area contributed by atoms with E-state index in [2.05, 4.69) is 4.85 Å². The Morgan fingerprint density at radius 2 is 2.00 bits per heavy atom. The number of benzene rings is 1. The number of halogens is 1.